The zero-order valence-corrected chi connectivity index (χ0v) is 16.3. The predicted octanol–water partition coefficient (Wildman–Crippen LogP) is 2.36. The smallest absolute Gasteiger partial charge is 0.279 e. The van der Waals surface area contributed by atoms with Gasteiger partial charge in [-0.1, -0.05) is 29.8 Å². The van der Waals surface area contributed by atoms with Crippen molar-refractivity contribution < 1.29 is 14.5 Å². The molecule has 138 valence electrons. The van der Waals surface area contributed by atoms with Gasteiger partial charge in [0.05, 0.1) is 7.05 Å². The van der Waals surface area contributed by atoms with E-state index >= 15 is 0 Å². The van der Waals surface area contributed by atoms with Crippen molar-refractivity contribution in [3.05, 3.63) is 58.1 Å². The summed E-state index contributed by atoms with van der Waals surface area (Å²) in [7, 11) is 1.82. The number of hydrogen-bond donors (Lipinski definition) is 3. The van der Waals surface area contributed by atoms with Crippen LogP contribution in [0.3, 0.4) is 0 Å². The van der Waals surface area contributed by atoms with Crippen LogP contribution in [0.1, 0.15) is 16.7 Å². The summed E-state index contributed by atoms with van der Waals surface area (Å²) in [5, 5.41) is 6.43. The van der Waals surface area contributed by atoms with Crippen LogP contribution in [-0.2, 0) is 9.59 Å². The Bertz CT molecular complexity index is 800. The van der Waals surface area contributed by atoms with E-state index in [0.717, 1.165) is 33.0 Å². The van der Waals surface area contributed by atoms with Gasteiger partial charge in [0.2, 0.25) is 0 Å². The average Bonchev–Trinajstić information content (AvgIpc) is 2.53. The van der Waals surface area contributed by atoms with Crippen LogP contribution >= 0.6 is 11.6 Å². The molecular formula is C20H25ClN3O2+. The number of likely N-dealkylation sites (N-methyl/N-ethyl adjacent to an activating group) is 1. The SMILES string of the molecule is Cc1cc(Cl)ccc1NC(=O)C[NH+](C)CC(=O)Nc1c(C)cccc1C. The lowest BCUT2D eigenvalue weighted by Gasteiger charge is -2.16. The minimum atomic E-state index is -0.146. The van der Waals surface area contributed by atoms with Gasteiger partial charge in [-0.15, -0.1) is 0 Å². The number of nitrogens with one attached hydrogen (secondary N) is 3. The molecule has 0 aromatic heterocycles. The number of hydrogen-bond acceptors (Lipinski definition) is 2. The van der Waals surface area contributed by atoms with Crippen molar-refractivity contribution in [1.82, 2.24) is 0 Å². The van der Waals surface area contributed by atoms with Gasteiger partial charge in [-0.3, -0.25) is 9.59 Å². The van der Waals surface area contributed by atoms with Gasteiger partial charge in [0.25, 0.3) is 11.8 Å². The minimum Gasteiger partial charge on any atom is -0.322 e. The first-order valence-corrected chi connectivity index (χ1v) is 8.87. The maximum absolute atomic E-state index is 12.3. The number of anilines is 2. The van der Waals surface area contributed by atoms with Gasteiger partial charge < -0.3 is 15.5 Å². The van der Waals surface area contributed by atoms with Crippen LogP contribution in [0.2, 0.25) is 5.02 Å². The van der Waals surface area contributed by atoms with E-state index in [2.05, 4.69) is 10.6 Å². The van der Waals surface area contributed by atoms with Crippen molar-refractivity contribution in [3.63, 3.8) is 0 Å². The molecule has 1 atom stereocenters. The van der Waals surface area contributed by atoms with E-state index in [-0.39, 0.29) is 24.9 Å². The second kappa shape index (κ2) is 8.83. The lowest BCUT2D eigenvalue weighted by molar-refractivity contribution is -0.862. The Balaban J connectivity index is 1.88. The molecule has 0 heterocycles. The average molecular weight is 375 g/mol. The van der Waals surface area contributed by atoms with E-state index in [1.165, 1.54) is 0 Å². The van der Waals surface area contributed by atoms with Crippen molar-refractivity contribution in [1.29, 1.82) is 0 Å². The summed E-state index contributed by atoms with van der Waals surface area (Å²) in [5.74, 6) is -0.261. The van der Waals surface area contributed by atoms with Gasteiger partial charge >= 0.3 is 0 Å². The third-order valence-electron chi connectivity index (χ3n) is 4.13. The highest BCUT2D eigenvalue weighted by molar-refractivity contribution is 6.30. The Morgan fingerprint density at radius 3 is 2.08 bits per heavy atom. The van der Waals surface area contributed by atoms with Gasteiger partial charge in [0.15, 0.2) is 13.1 Å². The van der Waals surface area contributed by atoms with Crippen molar-refractivity contribution in [2.24, 2.45) is 0 Å². The second-order valence-corrected chi connectivity index (χ2v) is 7.07. The normalized spacial score (nSPS) is 11.7. The van der Waals surface area contributed by atoms with Gasteiger partial charge in [0.1, 0.15) is 0 Å². The summed E-state index contributed by atoms with van der Waals surface area (Å²) in [5.41, 5.74) is 4.51. The van der Waals surface area contributed by atoms with Gasteiger partial charge in [-0.25, -0.2) is 0 Å². The molecule has 0 radical (unpaired) electrons. The fraction of sp³-hybridized carbons (Fsp3) is 0.300. The monoisotopic (exact) mass is 374 g/mol. The lowest BCUT2D eigenvalue weighted by Crippen LogP contribution is -3.11. The van der Waals surface area contributed by atoms with Crippen LogP contribution in [0.15, 0.2) is 36.4 Å². The highest BCUT2D eigenvalue weighted by atomic mass is 35.5. The van der Waals surface area contributed by atoms with Crippen LogP contribution in [0.4, 0.5) is 11.4 Å². The Morgan fingerprint density at radius 2 is 1.50 bits per heavy atom. The van der Waals surface area contributed by atoms with E-state index < -0.39 is 0 Å². The van der Waals surface area contributed by atoms with Crippen molar-refractivity contribution in [2.45, 2.75) is 20.8 Å². The molecule has 0 bridgehead atoms. The Kier molecular flexibility index (Phi) is 6.77. The molecule has 26 heavy (non-hydrogen) atoms. The van der Waals surface area contributed by atoms with Gasteiger partial charge in [0, 0.05) is 16.4 Å². The number of para-hydroxylation sites is 1. The zero-order valence-electron chi connectivity index (χ0n) is 15.6. The van der Waals surface area contributed by atoms with Crippen LogP contribution in [0.25, 0.3) is 0 Å². The number of benzene rings is 2. The fourth-order valence-corrected chi connectivity index (χ4v) is 2.99. The van der Waals surface area contributed by atoms with Gasteiger partial charge in [-0.2, -0.15) is 0 Å². The van der Waals surface area contributed by atoms with E-state index in [1.54, 1.807) is 18.2 Å². The molecule has 0 spiro atoms. The summed E-state index contributed by atoms with van der Waals surface area (Å²) < 4.78 is 0. The van der Waals surface area contributed by atoms with Crippen LogP contribution < -0.4 is 15.5 Å². The Hall–Kier alpha value is -2.37. The maximum atomic E-state index is 12.3. The number of aryl methyl sites for hydroxylation is 3. The maximum Gasteiger partial charge on any atom is 0.279 e. The molecule has 5 nitrogen and oxygen atoms in total. The first-order valence-electron chi connectivity index (χ1n) is 8.49. The Labute approximate surface area is 159 Å². The molecule has 1 unspecified atom stereocenters. The van der Waals surface area contributed by atoms with Crippen LogP contribution in [0, 0.1) is 20.8 Å². The molecule has 3 N–H and O–H groups in total. The summed E-state index contributed by atoms with van der Waals surface area (Å²) in [6.07, 6.45) is 0. The zero-order chi connectivity index (χ0) is 19.3. The van der Waals surface area contributed by atoms with E-state index in [4.69, 9.17) is 11.6 Å². The third-order valence-corrected chi connectivity index (χ3v) is 4.37. The predicted molar refractivity (Wildman–Crippen MR) is 106 cm³/mol. The molecule has 0 fully saturated rings. The first-order chi connectivity index (χ1) is 12.3. The summed E-state index contributed by atoms with van der Waals surface area (Å²) in [6.45, 7) is 6.21. The molecule has 2 aromatic carbocycles. The van der Waals surface area contributed by atoms with Crippen LogP contribution in [-0.4, -0.2) is 32.0 Å². The molecule has 6 heteroatoms. The lowest BCUT2D eigenvalue weighted by atomic mass is 10.1. The highest BCUT2D eigenvalue weighted by Gasteiger charge is 2.16. The highest BCUT2D eigenvalue weighted by Crippen LogP contribution is 2.20. The molecule has 0 saturated carbocycles. The van der Waals surface area contributed by atoms with E-state index in [0.29, 0.717) is 5.02 Å². The minimum absolute atomic E-state index is 0.115. The molecule has 0 aliphatic rings. The largest absolute Gasteiger partial charge is 0.322 e. The van der Waals surface area contributed by atoms with Crippen molar-refractivity contribution in [3.8, 4) is 0 Å². The topological polar surface area (TPSA) is 62.6 Å². The molecule has 0 saturated heterocycles. The van der Waals surface area contributed by atoms with Crippen molar-refractivity contribution in [2.75, 3.05) is 30.8 Å². The molecule has 2 rings (SSSR count). The Morgan fingerprint density at radius 1 is 0.923 bits per heavy atom. The quantitative estimate of drug-likeness (QED) is 0.726. The molecule has 2 amide bonds. The van der Waals surface area contributed by atoms with E-state index in [1.807, 2.05) is 46.0 Å². The molecular weight excluding hydrogens is 350 g/mol. The summed E-state index contributed by atoms with van der Waals surface area (Å²) in [4.78, 5) is 25.3. The van der Waals surface area contributed by atoms with Gasteiger partial charge in [-0.05, 0) is 55.7 Å². The summed E-state index contributed by atoms with van der Waals surface area (Å²) in [6, 6.07) is 11.2. The first kappa shape index (κ1) is 19.9. The molecule has 0 aliphatic heterocycles. The third kappa shape index (κ3) is 5.58. The molecule has 0 aliphatic carbocycles. The fourth-order valence-electron chi connectivity index (χ4n) is 2.77. The van der Waals surface area contributed by atoms with E-state index in [9.17, 15) is 9.59 Å². The van der Waals surface area contributed by atoms with Crippen molar-refractivity contribution >= 4 is 34.8 Å². The number of quaternary nitrogens is 1. The number of halogens is 1. The standard InChI is InChI=1S/C20H24ClN3O2/c1-13-6-5-7-14(2)20(13)23-19(26)12-24(4)11-18(25)22-17-9-8-16(21)10-15(17)3/h5-10H,11-12H2,1-4H3,(H,22,25)(H,23,26)/p+1. The molecule has 2 aromatic rings. The number of carbonyl (C=O) groups excluding carboxylic acids is 2. The van der Waals surface area contributed by atoms with Crippen LogP contribution in [0.5, 0.6) is 0 Å². The number of carbonyl (C=O) groups is 2. The summed E-state index contributed by atoms with van der Waals surface area (Å²) >= 11 is 5.92. The second-order valence-electron chi connectivity index (χ2n) is 6.63. The number of amides is 2. The number of rotatable bonds is 6.